The van der Waals surface area contributed by atoms with Crippen molar-refractivity contribution < 1.29 is 28.2 Å². The number of nitrogens with zero attached hydrogens (tertiary/aromatic N) is 2. The van der Waals surface area contributed by atoms with Gasteiger partial charge in [-0.15, -0.1) is 0 Å². The fourth-order valence-electron chi connectivity index (χ4n) is 4.21. The third-order valence-electron chi connectivity index (χ3n) is 6.19. The minimum absolute atomic E-state index is 0.0197. The molecule has 0 aromatic heterocycles. The number of aliphatic hydroxyl groups is 2. The number of para-hydroxylation sites is 1. The van der Waals surface area contributed by atoms with Gasteiger partial charge in [-0.25, -0.2) is 13.1 Å². The zero-order chi connectivity index (χ0) is 24.3. The van der Waals surface area contributed by atoms with Crippen molar-refractivity contribution in [2.75, 3.05) is 37.6 Å². The summed E-state index contributed by atoms with van der Waals surface area (Å²) >= 11 is 5.80. The first-order valence-corrected chi connectivity index (χ1v) is 13.0. The van der Waals surface area contributed by atoms with Crippen LogP contribution in [0.3, 0.4) is 0 Å². The molecule has 2 aromatic rings. The quantitative estimate of drug-likeness (QED) is 0.506. The molecule has 0 unspecified atom stereocenters. The van der Waals surface area contributed by atoms with Gasteiger partial charge in [0.1, 0.15) is 18.3 Å². The summed E-state index contributed by atoms with van der Waals surface area (Å²) in [6.45, 7) is 2.24. The van der Waals surface area contributed by atoms with E-state index in [0.29, 0.717) is 31.2 Å². The molecule has 4 atom stereocenters. The SMILES string of the molecule is O=C(C[C@H]1O[C@H](CNS(=O)(=O)c2ccc(Cl)cc2)[C@@H](O)[C@@H]1O)N1CCN(c2ccccc2)CC1. The lowest BCUT2D eigenvalue weighted by Gasteiger charge is -2.36. The molecule has 0 spiro atoms. The number of rotatable bonds is 7. The van der Waals surface area contributed by atoms with Crippen LogP contribution in [0.4, 0.5) is 5.69 Å². The van der Waals surface area contributed by atoms with Crippen LogP contribution in [-0.2, 0) is 19.6 Å². The molecular formula is C23H28ClN3O6S. The number of halogens is 1. The van der Waals surface area contributed by atoms with Crippen molar-refractivity contribution >= 4 is 33.2 Å². The lowest BCUT2D eigenvalue weighted by Crippen LogP contribution is -2.49. The van der Waals surface area contributed by atoms with E-state index in [-0.39, 0.29) is 23.8 Å². The second-order valence-electron chi connectivity index (χ2n) is 8.41. The van der Waals surface area contributed by atoms with Gasteiger partial charge in [0.15, 0.2) is 0 Å². The van der Waals surface area contributed by atoms with Crippen LogP contribution in [0.5, 0.6) is 0 Å². The molecule has 4 rings (SSSR count). The Morgan fingerprint density at radius 3 is 2.24 bits per heavy atom. The minimum atomic E-state index is -3.85. The highest BCUT2D eigenvalue weighted by Crippen LogP contribution is 2.25. The molecule has 0 saturated carbocycles. The minimum Gasteiger partial charge on any atom is -0.388 e. The Morgan fingerprint density at radius 2 is 1.59 bits per heavy atom. The van der Waals surface area contributed by atoms with Crippen LogP contribution in [0.2, 0.25) is 5.02 Å². The Balaban J connectivity index is 1.28. The third-order valence-corrected chi connectivity index (χ3v) is 7.88. The Hall–Kier alpha value is -2.21. The van der Waals surface area contributed by atoms with E-state index in [2.05, 4.69) is 9.62 Å². The normalized spacial score (nSPS) is 25.5. The number of ether oxygens (including phenoxy) is 1. The van der Waals surface area contributed by atoms with Crippen molar-refractivity contribution in [3.8, 4) is 0 Å². The third kappa shape index (κ3) is 5.70. The van der Waals surface area contributed by atoms with Crippen molar-refractivity contribution in [2.45, 2.75) is 35.7 Å². The van der Waals surface area contributed by atoms with Crippen LogP contribution in [0.25, 0.3) is 0 Å². The maximum Gasteiger partial charge on any atom is 0.240 e. The summed E-state index contributed by atoms with van der Waals surface area (Å²) in [5.74, 6) is -0.175. The average Bonchev–Trinajstić information content (AvgIpc) is 3.11. The first-order valence-electron chi connectivity index (χ1n) is 11.1. The zero-order valence-electron chi connectivity index (χ0n) is 18.5. The summed E-state index contributed by atoms with van der Waals surface area (Å²) < 4.78 is 33.0. The molecule has 2 aliphatic rings. The van der Waals surface area contributed by atoms with Gasteiger partial charge in [0.2, 0.25) is 15.9 Å². The summed E-state index contributed by atoms with van der Waals surface area (Å²) in [6.07, 6.45) is -4.60. The van der Waals surface area contributed by atoms with Gasteiger partial charge in [-0.3, -0.25) is 4.79 Å². The molecule has 9 nitrogen and oxygen atoms in total. The number of carbonyl (C=O) groups is 1. The first-order chi connectivity index (χ1) is 16.2. The van der Waals surface area contributed by atoms with Gasteiger partial charge < -0.3 is 24.7 Å². The standard InChI is InChI=1S/C23H28ClN3O6S/c24-16-6-8-18(9-7-16)34(31,32)25-15-20-23(30)22(29)19(33-20)14-21(28)27-12-10-26(11-13-27)17-4-2-1-3-5-17/h1-9,19-20,22-23,25,29-30H,10-15H2/t19-,20-,22-,23-/m1/s1. The molecule has 11 heteroatoms. The van der Waals surface area contributed by atoms with E-state index in [1.165, 1.54) is 24.3 Å². The number of nitrogens with one attached hydrogen (secondary N) is 1. The van der Waals surface area contributed by atoms with Gasteiger partial charge in [0.05, 0.1) is 17.4 Å². The molecule has 184 valence electrons. The number of anilines is 1. The van der Waals surface area contributed by atoms with Gasteiger partial charge >= 0.3 is 0 Å². The van der Waals surface area contributed by atoms with E-state index in [0.717, 1.165) is 5.69 Å². The highest BCUT2D eigenvalue weighted by Gasteiger charge is 2.44. The number of amides is 1. The molecule has 2 heterocycles. The maximum atomic E-state index is 12.8. The fraction of sp³-hybridized carbons (Fsp3) is 0.435. The molecular weight excluding hydrogens is 482 g/mol. The summed E-state index contributed by atoms with van der Waals surface area (Å²) in [5.41, 5.74) is 1.11. The van der Waals surface area contributed by atoms with Crippen LogP contribution in [0.1, 0.15) is 6.42 Å². The van der Waals surface area contributed by atoms with Crippen LogP contribution in [0.15, 0.2) is 59.5 Å². The van der Waals surface area contributed by atoms with E-state index in [1.807, 2.05) is 30.3 Å². The molecule has 2 fully saturated rings. The molecule has 0 aliphatic carbocycles. The number of aliphatic hydroxyl groups excluding tert-OH is 2. The number of carbonyl (C=O) groups excluding carboxylic acids is 1. The zero-order valence-corrected chi connectivity index (χ0v) is 20.0. The average molecular weight is 510 g/mol. The van der Waals surface area contributed by atoms with Crippen molar-refractivity contribution in [1.29, 1.82) is 0 Å². The Labute approximate surface area is 203 Å². The van der Waals surface area contributed by atoms with Gasteiger partial charge in [0, 0.05) is 43.4 Å². The van der Waals surface area contributed by atoms with Crippen LogP contribution < -0.4 is 9.62 Å². The van der Waals surface area contributed by atoms with Crippen molar-refractivity contribution in [3.63, 3.8) is 0 Å². The van der Waals surface area contributed by atoms with Gasteiger partial charge in [-0.2, -0.15) is 0 Å². The highest BCUT2D eigenvalue weighted by atomic mass is 35.5. The summed E-state index contributed by atoms with van der Waals surface area (Å²) in [4.78, 5) is 16.7. The summed E-state index contributed by atoms with van der Waals surface area (Å²) in [6, 6.07) is 15.6. The molecule has 3 N–H and O–H groups in total. The van der Waals surface area contributed by atoms with E-state index >= 15 is 0 Å². The van der Waals surface area contributed by atoms with E-state index in [4.69, 9.17) is 16.3 Å². The number of sulfonamides is 1. The van der Waals surface area contributed by atoms with Gasteiger partial charge in [-0.1, -0.05) is 29.8 Å². The topological polar surface area (TPSA) is 119 Å². The molecule has 0 bridgehead atoms. The number of benzene rings is 2. The van der Waals surface area contributed by atoms with Crippen molar-refractivity contribution in [1.82, 2.24) is 9.62 Å². The van der Waals surface area contributed by atoms with Crippen molar-refractivity contribution in [2.24, 2.45) is 0 Å². The monoisotopic (exact) mass is 509 g/mol. The van der Waals surface area contributed by atoms with Gasteiger partial charge in [0.25, 0.3) is 0 Å². The Bertz CT molecular complexity index is 1080. The lowest BCUT2D eigenvalue weighted by molar-refractivity contribution is -0.135. The van der Waals surface area contributed by atoms with Crippen LogP contribution in [-0.4, -0.2) is 86.6 Å². The Kier molecular flexibility index (Phi) is 7.76. The van der Waals surface area contributed by atoms with Gasteiger partial charge in [-0.05, 0) is 36.4 Å². The van der Waals surface area contributed by atoms with Crippen LogP contribution >= 0.6 is 11.6 Å². The number of hydrogen-bond donors (Lipinski definition) is 3. The molecule has 2 saturated heterocycles. The molecule has 0 radical (unpaired) electrons. The largest absolute Gasteiger partial charge is 0.388 e. The number of piperazine rings is 1. The summed E-state index contributed by atoms with van der Waals surface area (Å²) in [5, 5.41) is 21.2. The van der Waals surface area contributed by atoms with Crippen LogP contribution in [0, 0.1) is 0 Å². The lowest BCUT2D eigenvalue weighted by atomic mass is 10.0. The fourth-order valence-corrected chi connectivity index (χ4v) is 5.38. The maximum absolute atomic E-state index is 12.8. The molecule has 1 amide bonds. The first kappa shape index (κ1) is 24.9. The predicted molar refractivity (Wildman–Crippen MR) is 127 cm³/mol. The number of hydrogen-bond acceptors (Lipinski definition) is 7. The van der Waals surface area contributed by atoms with E-state index in [9.17, 15) is 23.4 Å². The highest BCUT2D eigenvalue weighted by molar-refractivity contribution is 7.89. The second kappa shape index (κ2) is 10.6. The summed E-state index contributed by atoms with van der Waals surface area (Å²) in [7, 11) is -3.85. The molecule has 2 aromatic carbocycles. The second-order valence-corrected chi connectivity index (χ2v) is 10.6. The van der Waals surface area contributed by atoms with Crippen molar-refractivity contribution in [3.05, 3.63) is 59.6 Å². The van der Waals surface area contributed by atoms with E-state index in [1.54, 1.807) is 4.90 Å². The molecule has 34 heavy (non-hydrogen) atoms. The smallest absolute Gasteiger partial charge is 0.240 e. The molecule has 2 aliphatic heterocycles. The predicted octanol–water partition coefficient (Wildman–Crippen LogP) is 0.846. The van der Waals surface area contributed by atoms with E-state index < -0.39 is 34.4 Å². The Morgan fingerprint density at radius 1 is 0.971 bits per heavy atom.